The maximum absolute atomic E-state index is 12.2. The summed E-state index contributed by atoms with van der Waals surface area (Å²) >= 11 is 5.90. The van der Waals surface area contributed by atoms with Gasteiger partial charge in [-0.05, 0) is 28.5 Å². The fourth-order valence-corrected chi connectivity index (χ4v) is 4.23. The summed E-state index contributed by atoms with van der Waals surface area (Å²) in [5.41, 5.74) is 0.901. The van der Waals surface area contributed by atoms with Crippen LogP contribution in [0.4, 0.5) is 0 Å². The molecule has 0 spiro atoms. The number of benzene rings is 3. The molecule has 0 saturated carbocycles. The smallest absolute Gasteiger partial charge is 0.307 e. The summed E-state index contributed by atoms with van der Waals surface area (Å²) in [4.78, 5) is 11.9. The monoisotopic (exact) mass is 403 g/mol. The van der Waals surface area contributed by atoms with E-state index >= 15 is 0 Å². The van der Waals surface area contributed by atoms with Gasteiger partial charge < -0.3 is 4.74 Å². The van der Waals surface area contributed by atoms with Crippen LogP contribution in [0.25, 0.3) is 10.8 Å². The van der Waals surface area contributed by atoms with Gasteiger partial charge in [0.05, 0.1) is 11.4 Å². The van der Waals surface area contributed by atoms with Gasteiger partial charge in [0.2, 0.25) is 10.0 Å². The molecule has 0 saturated heterocycles. The second-order valence-corrected chi connectivity index (χ2v) is 8.02. The van der Waals surface area contributed by atoms with Gasteiger partial charge in [-0.25, -0.2) is 13.1 Å². The van der Waals surface area contributed by atoms with E-state index in [0.717, 1.165) is 16.3 Å². The molecule has 3 aromatic rings. The molecular weight excluding hydrogens is 386 g/mol. The fourth-order valence-electron chi connectivity index (χ4n) is 2.68. The Morgan fingerprint density at radius 2 is 1.67 bits per heavy atom. The van der Waals surface area contributed by atoms with Gasteiger partial charge in [0, 0.05) is 6.54 Å². The Balaban J connectivity index is 1.54. The minimum Gasteiger partial charge on any atom is -0.461 e. The van der Waals surface area contributed by atoms with E-state index in [9.17, 15) is 13.2 Å². The SMILES string of the molecule is O=C(CCNS(=O)(=O)c1ccccc1Cl)OCc1cccc2ccccc12. The lowest BCUT2D eigenvalue weighted by atomic mass is 10.1. The number of hydrogen-bond acceptors (Lipinski definition) is 4. The highest BCUT2D eigenvalue weighted by Gasteiger charge is 2.17. The molecule has 0 aromatic heterocycles. The van der Waals surface area contributed by atoms with Crippen molar-refractivity contribution in [1.29, 1.82) is 0 Å². The lowest BCUT2D eigenvalue weighted by molar-refractivity contribution is -0.144. The first-order valence-corrected chi connectivity index (χ1v) is 10.2. The summed E-state index contributed by atoms with van der Waals surface area (Å²) in [6.07, 6.45) is -0.0750. The van der Waals surface area contributed by atoms with E-state index in [2.05, 4.69) is 4.72 Å². The number of carbonyl (C=O) groups is 1. The van der Waals surface area contributed by atoms with E-state index < -0.39 is 16.0 Å². The van der Waals surface area contributed by atoms with E-state index in [-0.39, 0.29) is 29.5 Å². The van der Waals surface area contributed by atoms with Crippen molar-refractivity contribution in [3.63, 3.8) is 0 Å². The predicted molar refractivity (Wildman–Crippen MR) is 105 cm³/mol. The lowest BCUT2D eigenvalue weighted by Crippen LogP contribution is -2.27. The van der Waals surface area contributed by atoms with E-state index in [4.69, 9.17) is 16.3 Å². The average molecular weight is 404 g/mol. The summed E-state index contributed by atoms with van der Waals surface area (Å²) in [6.45, 7) is 0.0688. The molecular formula is C20H18ClNO4S. The molecule has 0 aliphatic carbocycles. The Kier molecular flexibility index (Phi) is 6.11. The second-order valence-electron chi connectivity index (χ2n) is 5.88. The Morgan fingerprint density at radius 3 is 2.48 bits per heavy atom. The highest BCUT2D eigenvalue weighted by Crippen LogP contribution is 2.20. The quantitative estimate of drug-likeness (QED) is 0.607. The summed E-state index contributed by atoms with van der Waals surface area (Å²) in [5.74, 6) is -0.482. The van der Waals surface area contributed by atoms with Crippen LogP contribution in [0.1, 0.15) is 12.0 Å². The van der Waals surface area contributed by atoms with Crippen LogP contribution in [-0.2, 0) is 26.2 Å². The molecule has 0 amide bonds. The number of carbonyl (C=O) groups excluding carboxylic acids is 1. The standard InChI is InChI=1S/C20H18ClNO4S/c21-18-10-3-4-11-19(18)27(24,25)22-13-12-20(23)26-14-16-8-5-7-15-6-1-2-9-17(15)16/h1-11,22H,12-14H2. The van der Waals surface area contributed by atoms with Crippen LogP contribution in [0, 0.1) is 0 Å². The maximum atomic E-state index is 12.2. The highest BCUT2D eigenvalue weighted by molar-refractivity contribution is 7.89. The normalized spacial score (nSPS) is 11.4. The van der Waals surface area contributed by atoms with Crippen LogP contribution in [-0.4, -0.2) is 20.9 Å². The van der Waals surface area contributed by atoms with Gasteiger partial charge in [-0.3, -0.25) is 4.79 Å². The molecule has 7 heteroatoms. The Morgan fingerprint density at radius 1 is 0.963 bits per heavy atom. The van der Waals surface area contributed by atoms with Crippen molar-refractivity contribution in [1.82, 2.24) is 4.72 Å². The number of nitrogens with one attached hydrogen (secondary N) is 1. The van der Waals surface area contributed by atoms with Crippen molar-refractivity contribution in [3.8, 4) is 0 Å². The maximum Gasteiger partial charge on any atom is 0.307 e. The molecule has 0 bridgehead atoms. The minimum atomic E-state index is -3.77. The molecule has 5 nitrogen and oxygen atoms in total. The molecule has 0 unspecified atom stereocenters. The number of ether oxygens (including phenoxy) is 1. The number of rotatable bonds is 7. The molecule has 0 fully saturated rings. The van der Waals surface area contributed by atoms with Crippen molar-refractivity contribution in [2.45, 2.75) is 17.9 Å². The number of esters is 1. The van der Waals surface area contributed by atoms with Crippen LogP contribution in [0.5, 0.6) is 0 Å². The van der Waals surface area contributed by atoms with E-state index in [1.54, 1.807) is 12.1 Å². The highest BCUT2D eigenvalue weighted by atomic mass is 35.5. The molecule has 0 aliphatic heterocycles. The first kappa shape index (κ1) is 19.4. The molecule has 27 heavy (non-hydrogen) atoms. The molecule has 0 aliphatic rings. The molecule has 0 radical (unpaired) electrons. The van der Waals surface area contributed by atoms with Crippen molar-refractivity contribution in [3.05, 3.63) is 77.3 Å². The topological polar surface area (TPSA) is 72.5 Å². The van der Waals surface area contributed by atoms with Crippen molar-refractivity contribution >= 4 is 38.4 Å². The third kappa shape index (κ3) is 4.86. The molecule has 3 aromatic carbocycles. The van der Waals surface area contributed by atoms with Gasteiger partial charge in [-0.15, -0.1) is 0 Å². The van der Waals surface area contributed by atoms with Crippen molar-refractivity contribution in [2.75, 3.05) is 6.54 Å². The fraction of sp³-hybridized carbons (Fsp3) is 0.150. The Labute approximate surface area is 163 Å². The van der Waals surface area contributed by atoms with Gasteiger partial charge in [0.1, 0.15) is 11.5 Å². The number of fused-ring (bicyclic) bond motifs is 1. The predicted octanol–water partition coefficient (Wildman–Crippen LogP) is 3.91. The van der Waals surface area contributed by atoms with Crippen LogP contribution >= 0.6 is 11.6 Å². The van der Waals surface area contributed by atoms with E-state index in [0.29, 0.717) is 0 Å². The zero-order valence-corrected chi connectivity index (χ0v) is 16.0. The van der Waals surface area contributed by atoms with Gasteiger partial charge in [0.15, 0.2) is 0 Å². The zero-order valence-electron chi connectivity index (χ0n) is 14.4. The summed E-state index contributed by atoms with van der Waals surface area (Å²) < 4.78 is 32.1. The number of hydrogen-bond donors (Lipinski definition) is 1. The Bertz CT molecular complexity index is 1060. The summed E-state index contributed by atoms with van der Waals surface area (Å²) in [7, 11) is -3.77. The molecule has 0 heterocycles. The van der Waals surface area contributed by atoms with Gasteiger partial charge >= 0.3 is 5.97 Å². The Hall–Kier alpha value is -2.41. The van der Waals surface area contributed by atoms with Crippen LogP contribution in [0.3, 0.4) is 0 Å². The van der Waals surface area contributed by atoms with Crippen molar-refractivity contribution < 1.29 is 17.9 Å². The number of sulfonamides is 1. The van der Waals surface area contributed by atoms with E-state index in [1.807, 2.05) is 42.5 Å². The molecule has 3 rings (SSSR count). The first-order valence-electron chi connectivity index (χ1n) is 8.34. The first-order chi connectivity index (χ1) is 13.0. The van der Waals surface area contributed by atoms with E-state index in [1.165, 1.54) is 12.1 Å². The second kappa shape index (κ2) is 8.52. The molecule has 140 valence electrons. The average Bonchev–Trinajstić information content (AvgIpc) is 2.66. The van der Waals surface area contributed by atoms with Gasteiger partial charge in [-0.1, -0.05) is 66.2 Å². The lowest BCUT2D eigenvalue weighted by Gasteiger charge is -2.09. The largest absolute Gasteiger partial charge is 0.461 e. The van der Waals surface area contributed by atoms with Crippen molar-refractivity contribution in [2.24, 2.45) is 0 Å². The number of halogens is 1. The third-order valence-corrected chi connectivity index (χ3v) is 5.98. The van der Waals surface area contributed by atoms with Crippen LogP contribution in [0.15, 0.2) is 71.6 Å². The molecule has 1 N–H and O–H groups in total. The van der Waals surface area contributed by atoms with Gasteiger partial charge in [0.25, 0.3) is 0 Å². The zero-order chi connectivity index (χ0) is 19.3. The summed E-state index contributed by atoms with van der Waals surface area (Å²) in [5, 5.41) is 2.22. The third-order valence-electron chi connectivity index (χ3n) is 4.02. The van der Waals surface area contributed by atoms with Crippen LogP contribution in [0.2, 0.25) is 5.02 Å². The summed E-state index contributed by atoms with van der Waals surface area (Å²) in [6, 6.07) is 19.8. The van der Waals surface area contributed by atoms with Gasteiger partial charge in [-0.2, -0.15) is 0 Å². The molecule has 0 atom stereocenters. The van der Waals surface area contributed by atoms with Crippen LogP contribution < -0.4 is 4.72 Å². The minimum absolute atomic E-state index is 0.0178.